The molecule has 1 amide bonds. The van der Waals surface area contributed by atoms with Gasteiger partial charge in [0, 0.05) is 6.20 Å². The molecule has 3 N–H and O–H groups in total. The summed E-state index contributed by atoms with van der Waals surface area (Å²) in [6.45, 7) is 3.67. The number of fused-ring (bicyclic) bond motifs is 1. The highest BCUT2D eigenvalue weighted by Gasteiger charge is 2.33. The van der Waals surface area contributed by atoms with E-state index < -0.39 is 12.1 Å². The zero-order chi connectivity index (χ0) is 11.9. The minimum Gasteiger partial charge on any atom is -0.476 e. The van der Waals surface area contributed by atoms with E-state index in [2.05, 4.69) is 10.3 Å². The summed E-state index contributed by atoms with van der Waals surface area (Å²) >= 11 is 0. The average molecular weight is 224 g/mol. The molecule has 1 aromatic heterocycles. The van der Waals surface area contributed by atoms with Gasteiger partial charge in [0.2, 0.25) is 0 Å². The van der Waals surface area contributed by atoms with Gasteiger partial charge in [-0.05, 0) is 5.92 Å². The molecule has 6 heteroatoms. The van der Waals surface area contributed by atoms with E-state index in [0.29, 0.717) is 5.69 Å². The molecule has 6 nitrogen and oxygen atoms in total. The Morgan fingerprint density at radius 3 is 2.81 bits per heavy atom. The van der Waals surface area contributed by atoms with Gasteiger partial charge in [-0.3, -0.25) is 4.79 Å². The first-order valence-corrected chi connectivity index (χ1v) is 4.93. The molecule has 0 saturated carbocycles. The van der Waals surface area contributed by atoms with Crippen LogP contribution in [-0.4, -0.2) is 28.1 Å². The zero-order valence-corrected chi connectivity index (χ0v) is 8.90. The Bertz CT molecular complexity index is 450. The summed E-state index contributed by atoms with van der Waals surface area (Å²) < 4.78 is 5.41. The lowest BCUT2D eigenvalue weighted by molar-refractivity contribution is -0.125. The van der Waals surface area contributed by atoms with Gasteiger partial charge in [0.1, 0.15) is 5.69 Å². The Balaban J connectivity index is 2.39. The van der Waals surface area contributed by atoms with Crippen LogP contribution < -0.4 is 10.1 Å². The second-order valence-corrected chi connectivity index (χ2v) is 3.98. The number of carbonyl (C=O) groups is 2. The number of anilines is 1. The summed E-state index contributed by atoms with van der Waals surface area (Å²) in [6.07, 6.45) is 0.758. The predicted molar refractivity (Wildman–Crippen MR) is 55.6 cm³/mol. The third-order valence-electron chi connectivity index (χ3n) is 2.41. The molecule has 86 valence electrons. The third kappa shape index (κ3) is 1.52. The van der Waals surface area contributed by atoms with Gasteiger partial charge in [0.25, 0.3) is 5.91 Å². The van der Waals surface area contributed by atoms with E-state index in [0.717, 1.165) is 0 Å². The monoisotopic (exact) mass is 224 g/mol. The number of hydrogen-bond donors (Lipinski definition) is 3. The summed E-state index contributed by atoms with van der Waals surface area (Å²) in [7, 11) is 0. The number of carbonyl (C=O) groups excluding carboxylic acids is 1. The summed E-state index contributed by atoms with van der Waals surface area (Å²) in [4.78, 5) is 25.0. The lowest BCUT2D eigenvalue weighted by Crippen LogP contribution is -2.40. The van der Waals surface area contributed by atoms with Crippen molar-refractivity contribution in [1.29, 1.82) is 0 Å². The van der Waals surface area contributed by atoms with Gasteiger partial charge in [-0.25, -0.2) is 4.79 Å². The molecule has 0 spiro atoms. The number of aromatic carboxylic acids is 1. The van der Waals surface area contributed by atoms with Gasteiger partial charge in [0.05, 0.1) is 0 Å². The number of ether oxygens (including phenoxy) is 1. The molecule has 1 aliphatic heterocycles. The van der Waals surface area contributed by atoms with E-state index in [1.807, 2.05) is 13.8 Å². The van der Waals surface area contributed by atoms with Crippen LogP contribution in [0.3, 0.4) is 0 Å². The average Bonchev–Trinajstić information content (AvgIpc) is 2.58. The maximum Gasteiger partial charge on any atom is 0.356 e. The number of rotatable bonds is 2. The zero-order valence-electron chi connectivity index (χ0n) is 8.90. The highest BCUT2D eigenvalue weighted by Crippen LogP contribution is 2.34. The molecule has 0 bridgehead atoms. The van der Waals surface area contributed by atoms with Crippen molar-refractivity contribution in [2.45, 2.75) is 20.0 Å². The van der Waals surface area contributed by atoms with Crippen molar-refractivity contribution in [3.8, 4) is 5.75 Å². The normalized spacial score (nSPS) is 18.9. The number of aromatic nitrogens is 1. The molecule has 1 atom stereocenters. The number of hydrogen-bond acceptors (Lipinski definition) is 3. The molecule has 1 aromatic rings. The van der Waals surface area contributed by atoms with Crippen molar-refractivity contribution in [3.05, 3.63) is 11.9 Å². The number of carboxylic acids is 1. The van der Waals surface area contributed by atoms with Gasteiger partial charge >= 0.3 is 5.97 Å². The number of H-pyrrole nitrogens is 1. The van der Waals surface area contributed by atoms with Crippen molar-refractivity contribution in [3.63, 3.8) is 0 Å². The SMILES string of the molecule is CC(C)C1Oc2c(c[nH]c2C(=O)O)NC1=O. The van der Waals surface area contributed by atoms with E-state index >= 15 is 0 Å². The van der Waals surface area contributed by atoms with Crippen LogP contribution in [-0.2, 0) is 4.79 Å². The van der Waals surface area contributed by atoms with Crippen molar-refractivity contribution >= 4 is 17.6 Å². The lowest BCUT2D eigenvalue weighted by Gasteiger charge is -2.26. The fourth-order valence-corrected chi connectivity index (χ4v) is 1.61. The van der Waals surface area contributed by atoms with E-state index in [-0.39, 0.29) is 23.3 Å². The third-order valence-corrected chi connectivity index (χ3v) is 2.41. The summed E-state index contributed by atoms with van der Waals surface area (Å²) in [6, 6.07) is 0. The standard InChI is InChI=1S/C10H12N2O4/c1-4(2)7-9(13)12-5-3-11-6(10(14)15)8(5)16-7/h3-4,7,11H,1-2H3,(H,12,13)(H,14,15). The minimum atomic E-state index is -1.11. The van der Waals surface area contributed by atoms with Gasteiger partial charge in [0.15, 0.2) is 17.5 Å². The van der Waals surface area contributed by atoms with Crippen LogP contribution in [0.2, 0.25) is 0 Å². The first-order valence-electron chi connectivity index (χ1n) is 4.93. The molecule has 1 aliphatic rings. The Kier molecular flexibility index (Phi) is 2.34. The highest BCUT2D eigenvalue weighted by molar-refractivity contribution is 6.01. The van der Waals surface area contributed by atoms with Crippen molar-refractivity contribution in [2.24, 2.45) is 5.92 Å². The van der Waals surface area contributed by atoms with E-state index in [4.69, 9.17) is 9.84 Å². The molecule has 0 aliphatic carbocycles. The number of aromatic amines is 1. The van der Waals surface area contributed by atoms with Crippen LogP contribution in [0.5, 0.6) is 5.75 Å². The second-order valence-electron chi connectivity index (χ2n) is 3.98. The van der Waals surface area contributed by atoms with Crippen LogP contribution in [0.4, 0.5) is 5.69 Å². The van der Waals surface area contributed by atoms with Gasteiger partial charge in [-0.15, -0.1) is 0 Å². The summed E-state index contributed by atoms with van der Waals surface area (Å²) in [5, 5.41) is 11.5. The van der Waals surface area contributed by atoms with Gasteiger partial charge < -0.3 is 20.1 Å². The first-order chi connectivity index (χ1) is 7.50. The van der Waals surface area contributed by atoms with E-state index in [1.54, 1.807) is 0 Å². The Labute approximate surface area is 91.6 Å². The molecular weight excluding hydrogens is 212 g/mol. The second kappa shape index (κ2) is 3.55. The van der Waals surface area contributed by atoms with Gasteiger partial charge in [-0.1, -0.05) is 13.8 Å². The van der Waals surface area contributed by atoms with Crippen LogP contribution in [0.15, 0.2) is 6.20 Å². The Morgan fingerprint density at radius 1 is 1.56 bits per heavy atom. The van der Waals surface area contributed by atoms with Crippen LogP contribution in [0, 0.1) is 5.92 Å². The minimum absolute atomic E-state index is 0.0234. The molecule has 16 heavy (non-hydrogen) atoms. The van der Waals surface area contributed by atoms with Gasteiger partial charge in [-0.2, -0.15) is 0 Å². The summed E-state index contributed by atoms with van der Waals surface area (Å²) in [5.41, 5.74) is 0.333. The maximum absolute atomic E-state index is 11.6. The largest absolute Gasteiger partial charge is 0.476 e. The number of nitrogens with one attached hydrogen (secondary N) is 2. The Morgan fingerprint density at radius 2 is 2.25 bits per heavy atom. The maximum atomic E-state index is 11.6. The quantitative estimate of drug-likeness (QED) is 0.700. The van der Waals surface area contributed by atoms with E-state index in [9.17, 15) is 9.59 Å². The molecule has 2 heterocycles. The molecular formula is C10H12N2O4. The van der Waals surface area contributed by atoms with Crippen LogP contribution in [0.1, 0.15) is 24.3 Å². The number of carboxylic acid groups (broad SMARTS) is 1. The smallest absolute Gasteiger partial charge is 0.356 e. The molecule has 0 radical (unpaired) electrons. The Hall–Kier alpha value is -1.98. The van der Waals surface area contributed by atoms with Crippen molar-refractivity contribution in [2.75, 3.05) is 5.32 Å². The number of amides is 1. The predicted octanol–water partition coefficient (Wildman–Crippen LogP) is 1.07. The highest BCUT2D eigenvalue weighted by atomic mass is 16.5. The molecule has 0 aromatic carbocycles. The molecule has 2 rings (SSSR count). The first kappa shape index (κ1) is 10.5. The van der Waals surface area contributed by atoms with Crippen LogP contribution in [0.25, 0.3) is 0 Å². The van der Waals surface area contributed by atoms with Crippen molar-refractivity contribution < 1.29 is 19.4 Å². The van der Waals surface area contributed by atoms with Crippen molar-refractivity contribution in [1.82, 2.24) is 4.98 Å². The van der Waals surface area contributed by atoms with Crippen LogP contribution >= 0.6 is 0 Å². The van der Waals surface area contributed by atoms with E-state index in [1.165, 1.54) is 6.20 Å². The molecule has 0 saturated heterocycles. The molecule has 1 unspecified atom stereocenters. The molecule has 0 fully saturated rings. The topological polar surface area (TPSA) is 91.4 Å². The fourth-order valence-electron chi connectivity index (χ4n) is 1.61. The fraction of sp³-hybridized carbons (Fsp3) is 0.400. The lowest BCUT2D eigenvalue weighted by atomic mass is 10.1. The summed E-state index contributed by atoms with van der Waals surface area (Å²) in [5.74, 6) is -1.19.